The highest BCUT2D eigenvalue weighted by molar-refractivity contribution is 7.98. The van der Waals surface area contributed by atoms with Crippen molar-refractivity contribution in [3.05, 3.63) is 63.2 Å². The molecule has 3 rings (SSSR count). The molecule has 1 amide bonds. The second-order valence-electron chi connectivity index (χ2n) is 5.90. The summed E-state index contributed by atoms with van der Waals surface area (Å²) in [7, 11) is 0. The number of nitro groups is 1. The van der Waals surface area contributed by atoms with E-state index in [1.54, 1.807) is 17.0 Å². The van der Waals surface area contributed by atoms with E-state index in [9.17, 15) is 14.9 Å². The maximum absolute atomic E-state index is 12.9. The standard InChI is InChI=1S/C18H18ClN3O3S/c1-26-15-6-7-17(22(24)25)16(12-15)18(23)21-10-8-20(9-11-21)14-4-2-13(19)3-5-14/h2-7,12H,8-11H2,1H3. The summed E-state index contributed by atoms with van der Waals surface area (Å²) < 4.78 is 0. The van der Waals surface area contributed by atoms with Crippen LogP contribution in [0.5, 0.6) is 0 Å². The fourth-order valence-electron chi connectivity index (χ4n) is 2.96. The molecule has 0 radical (unpaired) electrons. The highest BCUT2D eigenvalue weighted by atomic mass is 35.5. The van der Waals surface area contributed by atoms with Crippen LogP contribution < -0.4 is 4.90 Å². The Morgan fingerprint density at radius 2 is 1.77 bits per heavy atom. The highest BCUT2D eigenvalue weighted by Gasteiger charge is 2.28. The minimum atomic E-state index is -0.499. The minimum absolute atomic E-state index is 0.145. The summed E-state index contributed by atoms with van der Waals surface area (Å²) in [6.07, 6.45) is 1.88. The van der Waals surface area contributed by atoms with Gasteiger partial charge in [0.25, 0.3) is 11.6 Å². The summed E-state index contributed by atoms with van der Waals surface area (Å²) in [5.74, 6) is -0.289. The molecule has 8 heteroatoms. The first-order valence-electron chi connectivity index (χ1n) is 8.12. The molecule has 0 N–H and O–H groups in total. The molecule has 6 nitrogen and oxygen atoms in total. The van der Waals surface area contributed by atoms with Crippen LogP contribution >= 0.6 is 23.4 Å². The molecule has 0 bridgehead atoms. The molecule has 1 fully saturated rings. The Bertz CT molecular complexity index is 821. The lowest BCUT2D eigenvalue weighted by molar-refractivity contribution is -0.385. The van der Waals surface area contributed by atoms with Crippen molar-refractivity contribution < 1.29 is 9.72 Å². The van der Waals surface area contributed by atoms with Gasteiger partial charge in [0, 0.05) is 47.9 Å². The normalized spacial score (nSPS) is 14.4. The Balaban J connectivity index is 1.74. The zero-order valence-corrected chi connectivity index (χ0v) is 15.8. The van der Waals surface area contributed by atoms with Crippen molar-refractivity contribution in [3.8, 4) is 0 Å². The molecule has 2 aromatic rings. The van der Waals surface area contributed by atoms with Crippen LogP contribution in [-0.2, 0) is 0 Å². The summed E-state index contributed by atoms with van der Waals surface area (Å²) >= 11 is 7.37. The Morgan fingerprint density at radius 1 is 1.12 bits per heavy atom. The van der Waals surface area contributed by atoms with Gasteiger partial charge in [-0.2, -0.15) is 0 Å². The predicted octanol–water partition coefficient (Wildman–Crippen LogP) is 3.93. The number of thioether (sulfide) groups is 1. The summed E-state index contributed by atoms with van der Waals surface area (Å²) in [5.41, 5.74) is 1.06. The lowest BCUT2D eigenvalue weighted by Crippen LogP contribution is -2.48. The number of carbonyl (C=O) groups is 1. The van der Waals surface area contributed by atoms with Crippen molar-refractivity contribution in [2.45, 2.75) is 4.90 Å². The third kappa shape index (κ3) is 3.94. The Morgan fingerprint density at radius 3 is 2.35 bits per heavy atom. The van der Waals surface area contributed by atoms with Crippen molar-refractivity contribution >= 4 is 40.6 Å². The molecule has 0 unspecified atom stereocenters. The number of benzene rings is 2. The van der Waals surface area contributed by atoms with E-state index in [1.165, 1.54) is 17.8 Å². The topological polar surface area (TPSA) is 66.7 Å². The van der Waals surface area contributed by atoms with Crippen molar-refractivity contribution in [3.63, 3.8) is 0 Å². The van der Waals surface area contributed by atoms with E-state index in [0.29, 0.717) is 31.2 Å². The lowest BCUT2D eigenvalue weighted by Gasteiger charge is -2.36. The first kappa shape index (κ1) is 18.5. The highest BCUT2D eigenvalue weighted by Crippen LogP contribution is 2.27. The second kappa shape index (κ2) is 7.97. The molecule has 0 atom stereocenters. The van der Waals surface area contributed by atoms with E-state index in [4.69, 9.17) is 11.6 Å². The summed E-state index contributed by atoms with van der Waals surface area (Å²) in [4.78, 5) is 28.3. The van der Waals surface area contributed by atoms with Crippen molar-refractivity contribution in [2.24, 2.45) is 0 Å². The van der Waals surface area contributed by atoms with Crippen LogP contribution in [0.2, 0.25) is 5.02 Å². The second-order valence-corrected chi connectivity index (χ2v) is 7.21. The number of anilines is 1. The van der Waals surface area contributed by atoms with Crippen molar-refractivity contribution in [1.29, 1.82) is 0 Å². The Labute approximate surface area is 160 Å². The van der Waals surface area contributed by atoms with E-state index < -0.39 is 4.92 Å². The van der Waals surface area contributed by atoms with Crippen LogP contribution in [0, 0.1) is 10.1 Å². The van der Waals surface area contributed by atoms with Gasteiger partial charge in [-0.25, -0.2) is 0 Å². The SMILES string of the molecule is CSc1ccc([N+](=O)[O-])c(C(=O)N2CCN(c3ccc(Cl)cc3)CC2)c1. The van der Waals surface area contributed by atoms with E-state index in [0.717, 1.165) is 10.6 Å². The molecule has 1 aliphatic heterocycles. The smallest absolute Gasteiger partial charge is 0.282 e. The van der Waals surface area contributed by atoms with E-state index in [1.807, 2.05) is 30.5 Å². The zero-order chi connectivity index (χ0) is 18.7. The van der Waals surface area contributed by atoms with Crippen LogP contribution in [0.25, 0.3) is 0 Å². The fourth-order valence-corrected chi connectivity index (χ4v) is 3.53. The van der Waals surface area contributed by atoms with Gasteiger partial charge in [-0.05, 0) is 42.7 Å². The molecule has 1 saturated heterocycles. The fraction of sp³-hybridized carbons (Fsp3) is 0.278. The number of carbonyl (C=O) groups excluding carboxylic acids is 1. The van der Waals surface area contributed by atoms with Gasteiger partial charge in [-0.3, -0.25) is 14.9 Å². The van der Waals surface area contributed by atoms with Gasteiger partial charge < -0.3 is 9.80 Å². The largest absolute Gasteiger partial charge is 0.368 e. The molecule has 0 aromatic heterocycles. The molecule has 136 valence electrons. The number of hydrogen-bond acceptors (Lipinski definition) is 5. The number of amides is 1. The van der Waals surface area contributed by atoms with Crippen LogP contribution in [-0.4, -0.2) is 48.2 Å². The maximum Gasteiger partial charge on any atom is 0.282 e. The van der Waals surface area contributed by atoms with Gasteiger partial charge in [0.05, 0.1) is 4.92 Å². The van der Waals surface area contributed by atoms with Gasteiger partial charge in [-0.1, -0.05) is 11.6 Å². The van der Waals surface area contributed by atoms with Gasteiger partial charge in [0.1, 0.15) is 5.56 Å². The average molecular weight is 392 g/mol. The number of hydrogen-bond donors (Lipinski definition) is 0. The number of halogens is 1. The first-order chi connectivity index (χ1) is 12.5. The molecule has 1 aliphatic rings. The van der Waals surface area contributed by atoms with Gasteiger partial charge >= 0.3 is 0 Å². The zero-order valence-electron chi connectivity index (χ0n) is 14.2. The summed E-state index contributed by atoms with van der Waals surface area (Å²) in [6, 6.07) is 12.3. The average Bonchev–Trinajstić information content (AvgIpc) is 2.67. The Kier molecular flexibility index (Phi) is 5.68. The third-order valence-electron chi connectivity index (χ3n) is 4.39. The number of nitro benzene ring substituents is 1. The van der Waals surface area contributed by atoms with Crippen LogP contribution in [0.15, 0.2) is 47.4 Å². The Hall–Kier alpha value is -2.25. The molecular formula is C18H18ClN3O3S. The monoisotopic (exact) mass is 391 g/mol. The summed E-state index contributed by atoms with van der Waals surface area (Å²) in [5, 5.41) is 12.0. The van der Waals surface area contributed by atoms with E-state index in [-0.39, 0.29) is 17.2 Å². The molecule has 0 spiro atoms. The molecule has 26 heavy (non-hydrogen) atoms. The predicted molar refractivity (Wildman–Crippen MR) is 104 cm³/mol. The molecule has 1 heterocycles. The minimum Gasteiger partial charge on any atom is -0.368 e. The van der Waals surface area contributed by atoms with E-state index >= 15 is 0 Å². The third-order valence-corrected chi connectivity index (χ3v) is 5.37. The van der Waals surface area contributed by atoms with Crippen LogP contribution in [0.1, 0.15) is 10.4 Å². The van der Waals surface area contributed by atoms with Crippen LogP contribution in [0.4, 0.5) is 11.4 Å². The van der Waals surface area contributed by atoms with Gasteiger partial charge in [0.15, 0.2) is 0 Å². The van der Waals surface area contributed by atoms with Crippen molar-refractivity contribution in [1.82, 2.24) is 4.90 Å². The number of nitrogens with zero attached hydrogens (tertiary/aromatic N) is 3. The van der Waals surface area contributed by atoms with Gasteiger partial charge in [0.2, 0.25) is 0 Å². The van der Waals surface area contributed by atoms with Crippen LogP contribution in [0.3, 0.4) is 0 Å². The molecule has 2 aromatic carbocycles. The molecular weight excluding hydrogens is 374 g/mol. The quantitative estimate of drug-likeness (QED) is 0.448. The number of piperazine rings is 1. The molecule has 0 aliphatic carbocycles. The lowest BCUT2D eigenvalue weighted by atomic mass is 10.1. The van der Waals surface area contributed by atoms with Gasteiger partial charge in [-0.15, -0.1) is 11.8 Å². The first-order valence-corrected chi connectivity index (χ1v) is 9.72. The maximum atomic E-state index is 12.9. The molecule has 0 saturated carbocycles. The number of rotatable bonds is 4. The van der Waals surface area contributed by atoms with Crippen molar-refractivity contribution in [2.75, 3.05) is 37.3 Å². The summed E-state index contributed by atoms with van der Waals surface area (Å²) in [6.45, 7) is 2.37. The van der Waals surface area contributed by atoms with E-state index in [2.05, 4.69) is 4.90 Å².